The first-order valence-electron chi connectivity index (χ1n) is 7.01. The lowest BCUT2D eigenvalue weighted by atomic mass is 9.98. The predicted molar refractivity (Wildman–Crippen MR) is 74.0 cm³/mol. The number of carbonyl (C=O) groups excluding carboxylic acids is 2. The molecule has 4 nitrogen and oxygen atoms in total. The van der Waals surface area contributed by atoms with Gasteiger partial charge in [0.2, 0.25) is 0 Å². The van der Waals surface area contributed by atoms with Gasteiger partial charge in [-0.1, -0.05) is 6.07 Å². The molecule has 0 aromatic heterocycles. The van der Waals surface area contributed by atoms with Crippen molar-refractivity contribution >= 4 is 12.1 Å². The molecule has 1 aliphatic heterocycles. The van der Waals surface area contributed by atoms with Gasteiger partial charge in [-0.05, 0) is 30.5 Å². The van der Waals surface area contributed by atoms with Gasteiger partial charge < -0.3 is 10.2 Å². The number of aryl methyl sites for hydroxylation is 1. The van der Waals surface area contributed by atoms with Crippen molar-refractivity contribution in [3.63, 3.8) is 0 Å². The van der Waals surface area contributed by atoms with Gasteiger partial charge in [0.25, 0.3) is 0 Å². The van der Waals surface area contributed by atoms with E-state index in [1.165, 1.54) is 0 Å². The van der Waals surface area contributed by atoms with Crippen molar-refractivity contribution in [2.24, 2.45) is 0 Å². The van der Waals surface area contributed by atoms with E-state index in [2.05, 4.69) is 10.9 Å². The Morgan fingerprint density at radius 3 is 2.24 bits per heavy atom. The van der Waals surface area contributed by atoms with Crippen molar-refractivity contribution in [2.75, 3.05) is 0 Å². The molecule has 1 aliphatic rings. The number of carbonyl (C=O) groups is 2. The molecule has 0 saturated heterocycles. The van der Waals surface area contributed by atoms with E-state index in [1.807, 2.05) is 0 Å². The normalized spacial score (nSPS) is 18.6. The molecule has 0 amide bonds. The number of hydrazine groups is 1. The summed E-state index contributed by atoms with van der Waals surface area (Å²) in [6.07, 6.45) is -8.69. The van der Waals surface area contributed by atoms with Crippen LogP contribution in [0.1, 0.15) is 23.1 Å². The largest absolute Gasteiger partial charge is 0.416 e. The molecule has 25 heavy (non-hydrogen) atoms. The van der Waals surface area contributed by atoms with Crippen LogP contribution in [0.5, 0.6) is 0 Å². The van der Waals surface area contributed by atoms with E-state index in [4.69, 9.17) is 0 Å². The van der Waals surface area contributed by atoms with Crippen LogP contribution in [0.2, 0.25) is 0 Å². The molecule has 1 aromatic rings. The number of aldehydes is 1. The lowest BCUT2D eigenvalue weighted by Crippen LogP contribution is -2.49. The Morgan fingerprint density at radius 2 is 1.72 bits per heavy atom. The minimum atomic E-state index is -4.94. The molecule has 0 radical (unpaired) electrons. The van der Waals surface area contributed by atoms with Gasteiger partial charge in [0.1, 0.15) is 12.3 Å². The summed E-state index contributed by atoms with van der Waals surface area (Å²) in [7, 11) is 0. The SMILES string of the molecule is O=CC1NNC(CCc2ccc(C(F)(F)F)cc2C(F)(F)F)=CC1=O. The second-order valence-corrected chi connectivity index (χ2v) is 5.32. The van der Waals surface area contributed by atoms with E-state index in [9.17, 15) is 35.9 Å². The summed E-state index contributed by atoms with van der Waals surface area (Å²) < 4.78 is 77.0. The molecule has 0 aliphatic carbocycles. The minimum Gasteiger partial charge on any atom is -0.324 e. The highest BCUT2D eigenvalue weighted by molar-refractivity contribution is 6.05. The van der Waals surface area contributed by atoms with Gasteiger partial charge in [0.15, 0.2) is 5.78 Å². The Morgan fingerprint density at radius 1 is 1.04 bits per heavy atom. The molecule has 0 spiro atoms. The third-order valence-electron chi connectivity index (χ3n) is 3.55. The number of benzene rings is 1. The number of rotatable bonds is 4. The lowest BCUT2D eigenvalue weighted by Gasteiger charge is -2.21. The second-order valence-electron chi connectivity index (χ2n) is 5.32. The fourth-order valence-corrected chi connectivity index (χ4v) is 2.28. The summed E-state index contributed by atoms with van der Waals surface area (Å²) in [6, 6.07) is 0.349. The minimum absolute atomic E-state index is 0.0568. The average molecular weight is 366 g/mol. The highest BCUT2D eigenvalue weighted by Crippen LogP contribution is 2.37. The smallest absolute Gasteiger partial charge is 0.324 e. The Hall–Kier alpha value is -2.36. The predicted octanol–water partition coefficient (Wildman–Crippen LogP) is 2.79. The molecule has 1 heterocycles. The molecule has 0 saturated carbocycles. The van der Waals surface area contributed by atoms with Gasteiger partial charge >= 0.3 is 12.4 Å². The van der Waals surface area contributed by atoms with Crippen LogP contribution >= 0.6 is 0 Å². The number of alkyl halides is 6. The zero-order valence-electron chi connectivity index (χ0n) is 12.5. The van der Waals surface area contributed by atoms with Gasteiger partial charge in [0, 0.05) is 11.8 Å². The Kier molecular flexibility index (Phi) is 5.21. The molecule has 1 unspecified atom stereocenters. The fraction of sp³-hybridized carbons (Fsp3) is 0.333. The summed E-state index contributed by atoms with van der Waals surface area (Å²) >= 11 is 0. The molecular weight excluding hydrogens is 354 g/mol. The van der Waals surface area contributed by atoms with Gasteiger partial charge in [-0.2, -0.15) is 26.3 Å². The first kappa shape index (κ1) is 19.0. The van der Waals surface area contributed by atoms with Crippen LogP contribution in [0, 0.1) is 0 Å². The number of ketones is 1. The highest BCUT2D eigenvalue weighted by atomic mass is 19.4. The molecule has 2 rings (SSSR count). The van der Waals surface area contributed by atoms with Crippen LogP contribution in [0.4, 0.5) is 26.3 Å². The van der Waals surface area contributed by atoms with E-state index >= 15 is 0 Å². The van der Waals surface area contributed by atoms with Crippen molar-refractivity contribution in [1.82, 2.24) is 10.9 Å². The zero-order valence-corrected chi connectivity index (χ0v) is 12.5. The molecule has 2 N–H and O–H groups in total. The van der Waals surface area contributed by atoms with E-state index in [1.54, 1.807) is 0 Å². The van der Waals surface area contributed by atoms with E-state index < -0.39 is 35.3 Å². The van der Waals surface area contributed by atoms with Gasteiger partial charge in [0.05, 0.1) is 11.1 Å². The Balaban J connectivity index is 2.22. The number of allylic oxidation sites excluding steroid dienone is 1. The zero-order chi connectivity index (χ0) is 18.8. The van der Waals surface area contributed by atoms with Crippen molar-refractivity contribution in [3.8, 4) is 0 Å². The standard InChI is InChI=1S/C15H12F6N2O2/c16-14(17,18)9-3-1-8(11(5-9)15(19,20)21)2-4-10-6-13(25)12(7-24)23-22-10/h1,3,5-7,12,22-23H,2,4H2. The van der Waals surface area contributed by atoms with E-state index in [0.717, 1.165) is 12.1 Å². The maximum absolute atomic E-state index is 13.0. The Bertz CT molecular complexity index is 709. The summed E-state index contributed by atoms with van der Waals surface area (Å²) in [5.41, 5.74) is 2.03. The Labute approximate surface area is 137 Å². The van der Waals surface area contributed by atoms with Crippen molar-refractivity contribution in [2.45, 2.75) is 31.2 Å². The molecule has 136 valence electrons. The maximum atomic E-state index is 13.0. The summed E-state index contributed by atoms with van der Waals surface area (Å²) in [5.74, 6) is -0.563. The van der Waals surface area contributed by atoms with Gasteiger partial charge in [-0.3, -0.25) is 4.79 Å². The number of hydrogen-bond donors (Lipinski definition) is 2. The van der Waals surface area contributed by atoms with Crippen molar-refractivity contribution in [3.05, 3.63) is 46.7 Å². The van der Waals surface area contributed by atoms with Crippen LogP contribution < -0.4 is 10.9 Å². The van der Waals surface area contributed by atoms with Crippen LogP contribution in [0.25, 0.3) is 0 Å². The fourth-order valence-electron chi connectivity index (χ4n) is 2.28. The summed E-state index contributed by atoms with van der Waals surface area (Å²) in [5, 5.41) is 0. The van der Waals surface area contributed by atoms with Crippen molar-refractivity contribution < 1.29 is 35.9 Å². The summed E-state index contributed by atoms with van der Waals surface area (Å²) in [4.78, 5) is 22.1. The van der Waals surface area contributed by atoms with Crippen LogP contribution in [0.3, 0.4) is 0 Å². The highest BCUT2D eigenvalue weighted by Gasteiger charge is 2.38. The molecular formula is C15H12F6N2O2. The number of nitrogens with one attached hydrogen (secondary N) is 2. The summed E-state index contributed by atoms with van der Waals surface area (Å²) in [6.45, 7) is 0. The van der Waals surface area contributed by atoms with Gasteiger partial charge in [-0.25, -0.2) is 5.43 Å². The third kappa shape index (κ3) is 4.59. The first-order valence-corrected chi connectivity index (χ1v) is 7.01. The van der Waals surface area contributed by atoms with Crippen LogP contribution in [0.15, 0.2) is 30.0 Å². The molecule has 1 aromatic carbocycles. The number of halogens is 6. The van der Waals surface area contributed by atoms with Gasteiger partial charge in [-0.15, -0.1) is 0 Å². The first-order chi connectivity index (χ1) is 11.5. The van der Waals surface area contributed by atoms with Crippen molar-refractivity contribution in [1.29, 1.82) is 0 Å². The van der Waals surface area contributed by atoms with E-state index in [0.29, 0.717) is 12.4 Å². The van der Waals surface area contributed by atoms with Crippen LogP contribution in [-0.2, 0) is 28.4 Å². The topological polar surface area (TPSA) is 58.2 Å². The molecule has 1 atom stereocenters. The molecule has 0 fully saturated rings. The van der Waals surface area contributed by atoms with Crippen LogP contribution in [-0.4, -0.2) is 18.1 Å². The van der Waals surface area contributed by atoms with E-state index in [-0.39, 0.29) is 30.2 Å². The average Bonchev–Trinajstić information content (AvgIpc) is 2.51. The molecule has 0 bridgehead atoms. The molecule has 10 heteroatoms. The quantitative estimate of drug-likeness (QED) is 0.489. The maximum Gasteiger partial charge on any atom is 0.416 e. The monoisotopic (exact) mass is 366 g/mol. The second kappa shape index (κ2) is 6.87. The number of hydrogen-bond acceptors (Lipinski definition) is 4. The lowest BCUT2D eigenvalue weighted by molar-refractivity contribution is -0.143. The third-order valence-corrected chi connectivity index (χ3v) is 3.55.